The molecule has 0 saturated carbocycles. The second-order valence-corrected chi connectivity index (χ2v) is 9.23. The van der Waals surface area contributed by atoms with Gasteiger partial charge >= 0.3 is 0 Å². The topological polar surface area (TPSA) is 135 Å². The summed E-state index contributed by atoms with van der Waals surface area (Å²) < 4.78 is 17.2. The Labute approximate surface area is 220 Å². The summed E-state index contributed by atoms with van der Waals surface area (Å²) in [7, 11) is 1.52. The number of hydrogen-bond donors (Lipinski definition) is 3. The van der Waals surface area contributed by atoms with Crippen molar-refractivity contribution in [2.75, 3.05) is 33.4 Å². The van der Waals surface area contributed by atoms with Crippen LogP contribution >= 0.6 is 0 Å². The molecular weight excluding hydrogens is 492 g/mol. The molecule has 1 saturated heterocycles. The summed E-state index contributed by atoms with van der Waals surface area (Å²) in [4.78, 5) is 50.7. The summed E-state index contributed by atoms with van der Waals surface area (Å²) in [6.07, 6.45) is 0.154. The van der Waals surface area contributed by atoms with Gasteiger partial charge in [-0.15, -0.1) is 0 Å². The van der Waals surface area contributed by atoms with Crippen molar-refractivity contribution in [2.24, 2.45) is 0 Å². The first-order chi connectivity index (χ1) is 18.3. The number of nitrogens with zero attached hydrogens (tertiary/aromatic N) is 1. The third-order valence-electron chi connectivity index (χ3n) is 6.38. The van der Waals surface area contributed by atoms with Crippen molar-refractivity contribution in [3.63, 3.8) is 0 Å². The van der Waals surface area contributed by atoms with Gasteiger partial charge in [-0.1, -0.05) is 18.2 Å². The summed E-state index contributed by atoms with van der Waals surface area (Å²) in [5.41, 5.74) is 1.71. The molecule has 0 unspecified atom stereocenters. The van der Waals surface area contributed by atoms with Crippen LogP contribution in [0.2, 0.25) is 0 Å². The highest BCUT2D eigenvalue weighted by Gasteiger charge is 2.37. The van der Waals surface area contributed by atoms with E-state index in [1.54, 1.807) is 29.2 Å². The average Bonchev–Trinajstić information content (AvgIpc) is 3.30. The summed E-state index contributed by atoms with van der Waals surface area (Å²) in [5.74, 6) is 0.460. The predicted molar refractivity (Wildman–Crippen MR) is 137 cm³/mol. The lowest BCUT2D eigenvalue weighted by Gasteiger charge is -2.21. The Morgan fingerprint density at radius 1 is 1.05 bits per heavy atom. The zero-order valence-corrected chi connectivity index (χ0v) is 21.5. The Hall–Kier alpha value is -4.28. The van der Waals surface area contributed by atoms with E-state index in [0.29, 0.717) is 30.2 Å². The van der Waals surface area contributed by atoms with Crippen LogP contribution in [-0.4, -0.2) is 74.0 Å². The molecule has 0 radical (unpaired) electrons. The molecule has 0 aliphatic carbocycles. The number of amides is 4. The SMILES string of the molecule is COc1ccc2cc1OCC(=O)NCc1ccc(cc1)O[C@H]1CN(C(=O)CNC(C)=O)C[C@@H]1NC(=O)CC2. The van der Waals surface area contributed by atoms with E-state index in [1.807, 2.05) is 18.2 Å². The van der Waals surface area contributed by atoms with Crippen molar-refractivity contribution in [1.29, 1.82) is 0 Å². The molecule has 3 aliphatic heterocycles. The van der Waals surface area contributed by atoms with Crippen LogP contribution in [0.1, 0.15) is 24.5 Å². The highest BCUT2D eigenvalue weighted by Crippen LogP contribution is 2.28. The van der Waals surface area contributed by atoms with E-state index in [2.05, 4.69) is 16.0 Å². The summed E-state index contributed by atoms with van der Waals surface area (Å²) in [6, 6.07) is 12.1. The molecule has 2 atom stereocenters. The first kappa shape index (κ1) is 26.8. The van der Waals surface area contributed by atoms with Crippen molar-refractivity contribution >= 4 is 23.6 Å². The van der Waals surface area contributed by atoms with Crippen molar-refractivity contribution in [3.05, 3.63) is 53.6 Å². The normalized spacial score (nSPS) is 19.9. The highest BCUT2D eigenvalue weighted by molar-refractivity contribution is 5.84. The first-order valence-electron chi connectivity index (χ1n) is 12.4. The smallest absolute Gasteiger partial charge is 0.258 e. The van der Waals surface area contributed by atoms with E-state index in [-0.39, 0.29) is 56.3 Å². The molecule has 0 aromatic heterocycles. The quantitative estimate of drug-likeness (QED) is 0.534. The van der Waals surface area contributed by atoms with Gasteiger partial charge in [0.1, 0.15) is 11.9 Å². The van der Waals surface area contributed by atoms with Gasteiger partial charge in [0, 0.05) is 26.4 Å². The Morgan fingerprint density at radius 2 is 1.82 bits per heavy atom. The van der Waals surface area contributed by atoms with Gasteiger partial charge in [-0.25, -0.2) is 0 Å². The van der Waals surface area contributed by atoms with Gasteiger partial charge in [0.2, 0.25) is 17.7 Å². The maximum absolute atomic E-state index is 12.9. The van der Waals surface area contributed by atoms with Gasteiger partial charge in [0.15, 0.2) is 18.1 Å². The fourth-order valence-corrected chi connectivity index (χ4v) is 4.33. The van der Waals surface area contributed by atoms with Crippen molar-refractivity contribution < 1.29 is 33.4 Å². The fraction of sp³-hybridized carbons (Fsp3) is 0.407. The molecular formula is C27H32N4O7. The second-order valence-electron chi connectivity index (χ2n) is 9.23. The number of aryl methyl sites for hydroxylation is 1. The molecule has 38 heavy (non-hydrogen) atoms. The largest absolute Gasteiger partial charge is 0.493 e. The van der Waals surface area contributed by atoms with Crippen LogP contribution in [-0.2, 0) is 32.1 Å². The minimum atomic E-state index is -0.478. The molecule has 1 fully saturated rings. The van der Waals surface area contributed by atoms with Crippen LogP contribution in [0.5, 0.6) is 17.2 Å². The highest BCUT2D eigenvalue weighted by atomic mass is 16.5. The van der Waals surface area contributed by atoms with Gasteiger partial charge in [-0.2, -0.15) is 0 Å². The van der Waals surface area contributed by atoms with Crippen LogP contribution in [0, 0.1) is 0 Å². The Balaban J connectivity index is 1.54. The molecule has 11 heteroatoms. The summed E-state index contributed by atoms with van der Waals surface area (Å²) >= 11 is 0. The molecule has 3 N–H and O–H groups in total. The van der Waals surface area contributed by atoms with E-state index < -0.39 is 12.1 Å². The van der Waals surface area contributed by atoms with E-state index in [9.17, 15) is 19.2 Å². The van der Waals surface area contributed by atoms with Crippen LogP contribution in [0.4, 0.5) is 0 Å². The van der Waals surface area contributed by atoms with Crippen LogP contribution in [0.25, 0.3) is 0 Å². The van der Waals surface area contributed by atoms with Gasteiger partial charge in [0.25, 0.3) is 5.91 Å². The average molecular weight is 525 g/mol. The van der Waals surface area contributed by atoms with E-state index in [0.717, 1.165) is 11.1 Å². The third-order valence-corrected chi connectivity index (χ3v) is 6.38. The minimum absolute atomic E-state index is 0.120. The lowest BCUT2D eigenvalue weighted by atomic mass is 10.1. The number of nitrogens with one attached hydrogen (secondary N) is 3. The van der Waals surface area contributed by atoms with Crippen molar-refractivity contribution in [1.82, 2.24) is 20.9 Å². The number of ether oxygens (including phenoxy) is 3. The molecule has 3 heterocycles. The molecule has 2 aromatic carbocycles. The molecule has 3 aliphatic rings. The Bertz CT molecular complexity index is 1180. The number of carbonyl (C=O) groups is 4. The van der Waals surface area contributed by atoms with E-state index in [1.165, 1.54) is 14.0 Å². The predicted octanol–water partition coefficient (Wildman–Crippen LogP) is 0.547. The van der Waals surface area contributed by atoms with Crippen molar-refractivity contribution in [3.8, 4) is 17.2 Å². The number of benzene rings is 2. The molecule has 202 valence electrons. The molecule has 0 spiro atoms. The van der Waals surface area contributed by atoms with Gasteiger partial charge in [-0.05, 0) is 41.8 Å². The zero-order chi connectivity index (χ0) is 27.1. The van der Waals surface area contributed by atoms with Gasteiger partial charge < -0.3 is 35.1 Å². The molecule has 5 rings (SSSR count). The maximum Gasteiger partial charge on any atom is 0.258 e. The fourth-order valence-electron chi connectivity index (χ4n) is 4.33. The molecule has 4 amide bonds. The lowest BCUT2D eigenvalue weighted by Crippen LogP contribution is -2.45. The molecule has 2 aromatic rings. The Morgan fingerprint density at radius 3 is 2.55 bits per heavy atom. The number of methoxy groups -OCH3 is 1. The number of carbonyl (C=O) groups excluding carboxylic acids is 4. The standard InChI is InChI=1S/C27H32N4O7/c1-17(32)28-13-27(35)31-14-21-24(15-31)38-20-7-3-19(4-8-20)12-29-26(34)16-37-23-11-18(5-9-22(23)36-2)6-10-25(33)30-21/h3-5,7-9,11,21,24H,6,10,12-16H2,1-2H3,(H,28,32)(H,29,34)(H,30,33)/t21-,24-/m0/s1. The number of rotatable bonds is 3. The third kappa shape index (κ3) is 7.15. The molecule has 11 nitrogen and oxygen atoms in total. The summed E-state index contributed by atoms with van der Waals surface area (Å²) in [6.45, 7) is 1.89. The van der Waals surface area contributed by atoms with Crippen LogP contribution < -0.4 is 30.2 Å². The number of likely N-dealkylation sites (tertiary alicyclic amines) is 1. The van der Waals surface area contributed by atoms with E-state index >= 15 is 0 Å². The summed E-state index contributed by atoms with van der Waals surface area (Å²) in [5, 5.41) is 8.36. The number of fused-ring (bicyclic) bond motifs is 9. The van der Waals surface area contributed by atoms with Crippen LogP contribution in [0.3, 0.4) is 0 Å². The Kier molecular flexibility index (Phi) is 8.67. The first-order valence-corrected chi connectivity index (χ1v) is 12.4. The van der Waals surface area contributed by atoms with Gasteiger partial charge in [-0.3, -0.25) is 19.2 Å². The lowest BCUT2D eigenvalue weighted by molar-refractivity contribution is -0.132. The second kappa shape index (κ2) is 12.3. The molecule has 4 bridgehead atoms. The van der Waals surface area contributed by atoms with Gasteiger partial charge in [0.05, 0.1) is 26.2 Å². The maximum atomic E-state index is 12.9. The minimum Gasteiger partial charge on any atom is -0.493 e. The number of hydrogen-bond acceptors (Lipinski definition) is 7. The zero-order valence-electron chi connectivity index (χ0n) is 21.5. The van der Waals surface area contributed by atoms with Crippen LogP contribution in [0.15, 0.2) is 42.5 Å². The monoisotopic (exact) mass is 524 g/mol. The van der Waals surface area contributed by atoms with E-state index in [4.69, 9.17) is 14.2 Å². The van der Waals surface area contributed by atoms with Crippen molar-refractivity contribution in [2.45, 2.75) is 38.5 Å².